The summed E-state index contributed by atoms with van der Waals surface area (Å²) in [6.07, 6.45) is 3.92. The summed E-state index contributed by atoms with van der Waals surface area (Å²) < 4.78 is 0. The minimum absolute atomic E-state index is 0.130. The molecule has 1 saturated heterocycles. The summed E-state index contributed by atoms with van der Waals surface area (Å²) in [6.45, 7) is 1.30. The van der Waals surface area contributed by atoms with Crippen molar-refractivity contribution in [2.75, 3.05) is 13.1 Å². The van der Waals surface area contributed by atoms with Crippen molar-refractivity contribution in [3.63, 3.8) is 0 Å². The number of halogens is 1. The van der Waals surface area contributed by atoms with E-state index in [1.54, 1.807) is 0 Å². The first-order chi connectivity index (χ1) is 9.18. The van der Waals surface area contributed by atoms with Gasteiger partial charge in [0.15, 0.2) is 0 Å². The Hall–Kier alpha value is -1.06. The van der Waals surface area contributed by atoms with Crippen LogP contribution >= 0.6 is 11.6 Å². The largest absolute Gasteiger partial charge is 0.335 e. The molecule has 0 spiro atoms. The van der Waals surface area contributed by atoms with E-state index in [2.05, 4.69) is 0 Å². The second-order valence-electron chi connectivity index (χ2n) is 5.66. The Kier molecular flexibility index (Phi) is 3.27. The molecule has 1 unspecified atom stereocenters. The van der Waals surface area contributed by atoms with Gasteiger partial charge in [0.1, 0.15) is 0 Å². The highest BCUT2D eigenvalue weighted by Crippen LogP contribution is 2.49. The van der Waals surface area contributed by atoms with Crippen LogP contribution in [0, 0.1) is 5.41 Å². The van der Waals surface area contributed by atoms with Crippen molar-refractivity contribution in [3.8, 4) is 0 Å². The third-order valence-corrected chi connectivity index (χ3v) is 4.82. The van der Waals surface area contributed by atoms with Gasteiger partial charge in [-0.15, -0.1) is 0 Å². The normalized spacial score (nSPS) is 24.5. The van der Waals surface area contributed by atoms with E-state index < -0.39 is 0 Å². The maximum atomic E-state index is 12.7. The number of nitrogens with zero attached hydrogens (tertiary/aromatic N) is 1. The van der Waals surface area contributed by atoms with Crippen molar-refractivity contribution in [2.45, 2.75) is 31.7 Å². The van der Waals surface area contributed by atoms with Crippen molar-refractivity contribution in [1.82, 2.24) is 4.90 Å². The van der Waals surface area contributed by atoms with E-state index in [0.717, 1.165) is 42.8 Å². The van der Waals surface area contributed by atoms with Crippen molar-refractivity contribution in [3.05, 3.63) is 34.9 Å². The number of rotatable bonds is 3. The molecule has 3 nitrogen and oxygen atoms in total. The molecule has 0 radical (unpaired) electrons. The lowest BCUT2D eigenvalue weighted by atomic mass is 10.0. The van der Waals surface area contributed by atoms with Crippen LogP contribution in [0.1, 0.15) is 37.3 Å². The number of hydrogen-bond donors (Lipinski definition) is 1. The molecule has 3 rings (SSSR count). The van der Waals surface area contributed by atoms with Crippen LogP contribution in [-0.2, 0) is 4.79 Å². The van der Waals surface area contributed by atoms with Gasteiger partial charge in [-0.05, 0) is 37.3 Å². The number of hydrogen-bond acceptors (Lipinski definition) is 2. The monoisotopic (exact) mass is 278 g/mol. The Morgan fingerprint density at radius 1 is 1.42 bits per heavy atom. The molecule has 1 aliphatic heterocycles. The third kappa shape index (κ3) is 2.15. The van der Waals surface area contributed by atoms with Gasteiger partial charge in [0.05, 0.1) is 11.5 Å². The first kappa shape index (κ1) is 12.9. The summed E-state index contributed by atoms with van der Waals surface area (Å²) in [5, 5.41) is 0.754. The average molecular weight is 279 g/mol. The van der Waals surface area contributed by atoms with Crippen LogP contribution in [0.3, 0.4) is 0 Å². The summed E-state index contributed by atoms with van der Waals surface area (Å²) in [5.74, 6) is 0.234. The maximum absolute atomic E-state index is 12.7. The number of likely N-dealkylation sites (tertiary alicyclic amines) is 1. The van der Waals surface area contributed by atoms with Crippen molar-refractivity contribution < 1.29 is 4.79 Å². The lowest BCUT2D eigenvalue weighted by molar-refractivity contribution is -0.137. The predicted octanol–water partition coefficient (Wildman–Crippen LogP) is 2.74. The van der Waals surface area contributed by atoms with Crippen LogP contribution in [-0.4, -0.2) is 23.9 Å². The van der Waals surface area contributed by atoms with Crippen molar-refractivity contribution in [2.24, 2.45) is 11.1 Å². The zero-order chi connectivity index (χ0) is 13.5. The van der Waals surface area contributed by atoms with E-state index in [-0.39, 0.29) is 17.4 Å². The second-order valence-corrected chi connectivity index (χ2v) is 6.07. The fourth-order valence-electron chi connectivity index (χ4n) is 3.04. The van der Waals surface area contributed by atoms with Gasteiger partial charge in [0, 0.05) is 18.1 Å². The first-order valence-corrected chi connectivity index (χ1v) is 7.31. The molecule has 1 saturated carbocycles. The highest BCUT2D eigenvalue weighted by molar-refractivity contribution is 6.31. The van der Waals surface area contributed by atoms with Gasteiger partial charge in [-0.25, -0.2) is 0 Å². The van der Waals surface area contributed by atoms with Crippen molar-refractivity contribution in [1.29, 1.82) is 0 Å². The molecule has 1 aliphatic carbocycles. The quantitative estimate of drug-likeness (QED) is 0.924. The summed E-state index contributed by atoms with van der Waals surface area (Å²) in [5.41, 5.74) is 6.59. The van der Waals surface area contributed by atoms with Gasteiger partial charge >= 0.3 is 0 Å². The molecule has 19 heavy (non-hydrogen) atoms. The topological polar surface area (TPSA) is 46.3 Å². The molecule has 0 aromatic heterocycles. The molecule has 2 N–H and O–H groups in total. The lowest BCUT2D eigenvalue weighted by Crippen LogP contribution is -2.40. The van der Waals surface area contributed by atoms with Gasteiger partial charge in [0.2, 0.25) is 5.91 Å². The smallest absolute Gasteiger partial charge is 0.230 e. The minimum Gasteiger partial charge on any atom is -0.335 e. The number of nitrogens with two attached hydrogens (primary N) is 1. The SMILES string of the molecule is NCC1(C(=O)N2CCCC2c2ccccc2Cl)CC1. The Bertz CT molecular complexity index is 499. The molecule has 1 atom stereocenters. The van der Waals surface area contributed by atoms with E-state index >= 15 is 0 Å². The van der Waals surface area contributed by atoms with E-state index in [4.69, 9.17) is 17.3 Å². The van der Waals surface area contributed by atoms with E-state index in [1.165, 1.54) is 0 Å². The Balaban J connectivity index is 1.86. The van der Waals surface area contributed by atoms with E-state index in [9.17, 15) is 4.79 Å². The molecule has 4 heteroatoms. The molecule has 0 bridgehead atoms. The molecular formula is C15H19ClN2O. The first-order valence-electron chi connectivity index (χ1n) is 6.93. The average Bonchev–Trinajstić information content (AvgIpc) is 3.09. The fourth-order valence-corrected chi connectivity index (χ4v) is 3.30. The van der Waals surface area contributed by atoms with Crippen LogP contribution in [0.2, 0.25) is 5.02 Å². The summed E-state index contributed by atoms with van der Waals surface area (Å²) >= 11 is 6.28. The van der Waals surface area contributed by atoms with Gasteiger partial charge in [-0.2, -0.15) is 0 Å². The summed E-state index contributed by atoms with van der Waals surface area (Å²) in [6, 6.07) is 7.96. The number of benzene rings is 1. The number of carbonyl (C=O) groups is 1. The molecule has 1 heterocycles. The molecule has 2 aliphatic rings. The van der Waals surface area contributed by atoms with E-state index in [0.29, 0.717) is 6.54 Å². The highest BCUT2D eigenvalue weighted by atomic mass is 35.5. The van der Waals surface area contributed by atoms with Gasteiger partial charge < -0.3 is 10.6 Å². The van der Waals surface area contributed by atoms with Crippen molar-refractivity contribution >= 4 is 17.5 Å². The number of amides is 1. The van der Waals surface area contributed by atoms with Crippen LogP contribution in [0.5, 0.6) is 0 Å². The van der Waals surface area contributed by atoms with Gasteiger partial charge in [-0.1, -0.05) is 29.8 Å². The van der Waals surface area contributed by atoms with E-state index in [1.807, 2.05) is 29.2 Å². The molecule has 1 amide bonds. The van der Waals surface area contributed by atoms with Gasteiger partial charge in [0.25, 0.3) is 0 Å². The van der Waals surface area contributed by atoms with Crippen LogP contribution < -0.4 is 5.73 Å². The lowest BCUT2D eigenvalue weighted by Gasteiger charge is -2.29. The van der Waals surface area contributed by atoms with Crippen LogP contribution in [0.15, 0.2) is 24.3 Å². The molecule has 2 fully saturated rings. The predicted molar refractivity (Wildman–Crippen MR) is 75.9 cm³/mol. The van der Waals surface area contributed by atoms with Crippen LogP contribution in [0.4, 0.5) is 0 Å². The minimum atomic E-state index is -0.260. The van der Waals surface area contributed by atoms with Gasteiger partial charge in [-0.3, -0.25) is 4.79 Å². The Labute approximate surface area is 118 Å². The third-order valence-electron chi connectivity index (χ3n) is 4.48. The molecule has 1 aromatic carbocycles. The molecule has 1 aromatic rings. The summed E-state index contributed by atoms with van der Waals surface area (Å²) in [7, 11) is 0. The Morgan fingerprint density at radius 2 is 2.16 bits per heavy atom. The summed E-state index contributed by atoms with van der Waals surface area (Å²) in [4.78, 5) is 14.7. The fraction of sp³-hybridized carbons (Fsp3) is 0.533. The standard InChI is InChI=1S/C15H19ClN2O/c16-12-5-2-1-4-11(12)13-6-3-9-18(13)14(19)15(10-17)7-8-15/h1-2,4-5,13H,3,6-10,17H2. The number of carbonyl (C=O) groups excluding carboxylic acids is 1. The second kappa shape index (κ2) is 4.80. The Morgan fingerprint density at radius 3 is 2.79 bits per heavy atom. The molecular weight excluding hydrogens is 260 g/mol. The zero-order valence-corrected chi connectivity index (χ0v) is 11.7. The maximum Gasteiger partial charge on any atom is 0.230 e. The molecule has 102 valence electrons. The van der Waals surface area contributed by atoms with Crippen LogP contribution in [0.25, 0.3) is 0 Å². The zero-order valence-electron chi connectivity index (χ0n) is 10.9. The highest BCUT2D eigenvalue weighted by Gasteiger charge is 2.52.